The molecule has 28 heavy (non-hydrogen) atoms. The van der Waals surface area contributed by atoms with Crippen molar-refractivity contribution in [3.8, 4) is 0 Å². The fourth-order valence-corrected chi connectivity index (χ4v) is 4.20. The molecule has 1 heterocycles. The number of methoxy groups -OCH3 is 1. The first-order valence-corrected chi connectivity index (χ1v) is 10.5. The van der Waals surface area contributed by atoms with Crippen LogP contribution in [0.2, 0.25) is 0 Å². The monoisotopic (exact) mass is 397 g/mol. The predicted octanol–water partition coefficient (Wildman–Crippen LogP) is 4.59. The zero-order valence-electron chi connectivity index (χ0n) is 16.9. The topological polar surface area (TPSA) is 58.2 Å². The first-order valence-electron chi connectivity index (χ1n) is 9.52. The highest BCUT2D eigenvalue weighted by atomic mass is 32.2. The van der Waals surface area contributed by atoms with Crippen LogP contribution in [-0.4, -0.2) is 41.4 Å². The number of anilines is 1. The van der Waals surface area contributed by atoms with Crippen LogP contribution < -0.4 is 4.90 Å². The number of aryl methyl sites for hydroxylation is 2. The highest BCUT2D eigenvalue weighted by molar-refractivity contribution is 7.99. The van der Waals surface area contributed by atoms with Crippen LogP contribution in [0.1, 0.15) is 25.0 Å². The Morgan fingerprint density at radius 2 is 2.04 bits per heavy atom. The van der Waals surface area contributed by atoms with E-state index >= 15 is 0 Å². The number of imidazole rings is 1. The number of aromatic amines is 1. The quantitative estimate of drug-likeness (QED) is 0.565. The number of carbonyl (C=O) groups is 1. The maximum atomic E-state index is 13.3. The number of amides is 1. The number of hydrogen-bond acceptors (Lipinski definition) is 4. The van der Waals surface area contributed by atoms with Crippen molar-refractivity contribution >= 4 is 34.4 Å². The lowest BCUT2D eigenvalue weighted by Gasteiger charge is -2.32. The van der Waals surface area contributed by atoms with E-state index in [-0.39, 0.29) is 11.9 Å². The molecule has 148 valence electrons. The van der Waals surface area contributed by atoms with Crippen molar-refractivity contribution < 1.29 is 9.53 Å². The number of hydrogen-bond donors (Lipinski definition) is 1. The van der Waals surface area contributed by atoms with Crippen molar-refractivity contribution in [3.05, 3.63) is 53.6 Å². The van der Waals surface area contributed by atoms with Crippen molar-refractivity contribution in [2.24, 2.45) is 0 Å². The minimum Gasteiger partial charge on any atom is -0.383 e. The average molecular weight is 398 g/mol. The molecule has 1 amide bonds. The molecule has 0 aliphatic heterocycles. The van der Waals surface area contributed by atoms with Crippen LogP contribution in [-0.2, 0) is 16.0 Å². The Morgan fingerprint density at radius 1 is 1.25 bits per heavy atom. The van der Waals surface area contributed by atoms with Gasteiger partial charge in [-0.15, -0.1) is 0 Å². The predicted molar refractivity (Wildman–Crippen MR) is 116 cm³/mol. The SMILES string of the molecule is CCc1cccc(C)c1N(C(=O)CSc1nc2ccccc2[nH]1)C(C)COC. The van der Waals surface area contributed by atoms with Gasteiger partial charge in [0.25, 0.3) is 0 Å². The summed E-state index contributed by atoms with van der Waals surface area (Å²) >= 11 is 1.43. The molecule has 0 bridgehead atoms. The fraction of sp³-hybridized carbons (Fsp3) is 0.364. The summed E-state index contributed by atoms with van der Waals surface area (Å²) in [5, 5.41) is 0.759. The van der Waals surface area contributed by atoms with E-state index < -0.39 is 0 Å². The number of benzene rings is 2. The second-order valence-corrected chi connectivity index (χ2v) is 7.82. The van der Waals surface area contributed by atoms with Gasteiger partial charge in [0.15, 0.2) is 5.16 Å². The molecule has 1 atom stereocenters. The summed E-state index contributed by atoms with van der Waals surface area (Å²) in [5.74, 6) is 0.366. The number of fused-ring (bicyclic) bond motifs is 1. The smallest absolute Gasteiger partial charge is 0.237 e. The van der Waals surface area contributed by atoms with Crippen LogP contribution in [0.4, 0.5) is 5.69 Å². The van der Waals surface area contributed by atoms with E-state index in [1.165, 1.54) is 17.3 Å². The number of nitrogens with one attached hydrogen (secondary N) is 1. The lowest BCUT2D eigenvalue weighted by molar-refractivity contribution is -0.116. The minimum absolute atomic E-state index is 0.0546. The number of para-hydroxylation sites is 3. The highest BCUT2D eigenvalue weighted by Gasteiger charge is 2.25. The number of carbonyl (C=O) groups excluding carboxylic acids is 1. The molecule has 0 fully saturated rings. The number of H-pyrrole nitrogens is 1. The highest BCUT2D eigenvalue weighted by Crippen LogP contribution is 2.29. The molecule has 0 radical (unpaired) electrons. The van der Waals surface area contributed by atoms with Crippen molar-refractivity contribution in [2.75, 3.05) is 24.4 Å². The molecule has 6 heteroatoms. The van der Waals surface area contributed by atoms with Crippen LogP contribution in [0.3, 0.4) is 0 Å². The molecule has 5 nitrogen and oxygen atoms in total. The maximum absolute atomic E-state index is 13.3. The largest absolute Gasteiger partial charge is 0.383 e. The number of aromatic nitrogens is 2. The number of thioether (sulfide) groups is 1. The standard InChI is InChI=1S/C22H27N3O2S/c1-5-17-10-8-9-15(2)21(17)25(16(3)13-27-4)20(26)14-28-22-23-18-11-6-7-12-19(18)24-22/h6-12,16H,5,13-14H2,1-4H3,(H,23,24). The first-order chi connectivity index (χ1) is 13.5. The third-order valence-corrected chi connectivity index (χ3v) is 5.62. The summed E-state index contributed by atoms with van der Waals surface area (Å²) in [5.41, 5.74) is 5.17. The van der Waals surface area contributed by atoms with E-state index in [4.69, 9.17) is 4.74 Å². The van der Waals surface area contributed by atoms with Gasteiger partial charge in [-0.3, -0.25) is 4.79 Å². The maximum Gasteiger partial charge on any atom is 0.237 e. The normalized spacial score (nSPS) is 12.3. The lowest BCUT2D eigenvalue weighted by atomic mass is 10.0. The number of nitrogens with zero attached hydrogens (tertiary/aromatic N) is 2. The van der Waals surface area contributed by atoms with Gasteiger partial charge in [-0.25, -0.2) is 4.98 Å². The summed E-state index contributed by atoms with van der Waals surface area (Å²) in [6.45, 7) is 6.68. The Morgan fingerprint density at radius 3 is 2.75 bits per heavy atom. The van der Waals surface area contributed by atoms with Crippen LogP contribution in [0.5, 0.6) is 0 Å². The van der Waals surface area contributed by atoms with E-state index in [0.717, 1.165) is 33.9 Å². The molecule has 0 aliphatic carbocycles. The Labute approximate surface area is 170 Å². The zero-order chi connectivity index (χ0) is 20.1. The van der Waals surface area contributed by atoms with E-state index in [9.17, 15) is 4.79 Å². The Balaban J connectivity index is 1.84. The molecular weight excluding hydrogens is 370 g/mol. The van der Waals surface area contributed by atoms with Crippen molar-refractivity contribution in [1.82, 2.24) is 9.97 Å². The molecule has 3 rings (SSSR count). The number of ether oxygens (including phenoxy) is 1. The van der Waals surface area contributed by atoms with E-state index in [1.807, 2.05) is 42.2 Å². The molecule has 1 unspecified atom stereocenters. The summed E-state index contributed by atoms with van der Waals surface area (Å²) in [6.07, 6.45) is 0.872. The Bertz CT molecular complexity index is 921. The summed E-state index contributed by atoms with van der Waals surface area (Å²) in [6, 6.07) is 14.0. The molecule has 2 aromatic carbocycles. The van der Waals surface area contributed by atoms with Crippen LogP contribution >= 0.6 is 11.8 Å². The molecule has 1 aromatic heterocycles. The van der Waals surface area contributed by atoms with E-state index in [1.54, 1.807) is 7.11 Å². The van der Waals surface area contributed by atoms with Gasteiger partial charge in [0, 0.05) is 7.11 Å². The minimum atomic E-state index is -0.0554. The van der Waals surface area contributed by atoms with Crippen molar-refractivity contribution in [1.29, 1.82) is 0 Å². The van der Waals surface area contributed by atoms with Crippen LogP contribution in [0.15, 0.2) is 47.6 Å². The van der Waals surface area contributed by atoms with Gasteiger partial charge in [0.05, 0.1) is 35.1 Å². The third kappa shape index (κ3) is 4.39. The van der Waals surface area contributed by atoms with E-state index in [2.05, 4.69) is 35.9 Å². The Kier molecular flexibility index (Phi) is 6.75. The van der Waals surface area contributed by atoms with Gasteiger partial charge >= 0.3 is 0 Å². The molecule has 1 N–H and O–H groups in total. The zero-order valence-corrected chi connectivity index (χ0v) is 17.7. The summed E-state index contributed by atoms with van der Waals surface area (Å²) in [7, 11) is 1.67. The first kappa shape index (κ1) is 20.4. The number of rotatable bonds is 8. The van der Waals surface area contributed by atoms with Gasteiger partial charge in [-0.2, -0.15) is 0 Å². The summed E-state index contributed by atoms with van der Waals surface area (Å²) < 4.78 is 5.35. The van der Waals surface area contributed by atoms with Crippen molar-refractivity contribution in [2.45, 2.75) is 38.4 Å². The molecule has 0 aliphatic rings. The molecule has 0 saturated carbocycles. The third-order valence-electron chi connectivity index (χ3n) is 4.76. The average Bonchev–Trinajstić information content (AvgIpc) is 3.11. The van der Waals surface area contributed by atoms with Crippen LogP contribution in [0.25, 0.3) is 11.0 Å². The second-order valence-electron chi connectivity index (χ2n) is 6.85. The molecule has 0 spiro atoms. The Hall–Kier alpha value is -2.31. The van der Waals surface area contributed by atoms with Crippen molar-refractivity contribution in [3.63, 3.8) is 0 Å². The van der Waals surface area contributed by atoms with Gasteiger partial charge in [0.1, 0.15) is 0 Å². The molecule has 0 saturated heterocycles. The second kappa shape index (κ2) is 9.26. The molecule has 3 aromatic rings. The van der Waals surface area contributed by atoms with Gasteiger partial charge in [0.2, 0.25) is 5.91 Å². The van der Waals surface area contributed by atoms with E-state index in [0.29, 0.717) is 12.4 Å². The van der Waals surface area contributed by atoms with Gasteiger partial charge < -0.3 is 14.6 Å². The van der Waals surface area contributed by atoms with Gasteiger partial charge in [-0.1, -0.05) is 49.0 Å². The van der Waals surface area contributed by atoms with Gasteiger partial charge in [-0.05, 0) is 43.5 Å². The lowest BCUT2D eigenvalue weighted by Crippen LogP contribution is -2.43. The van der Waals surface area contributed by atoms with Crippen LogP contribution in [0, 0.1) is 6.92 Å². The fourth-order valence-electron chi connectivity index (χ4n) is 3.45. The summed E-state index contributed by atoms with van der Waals surface area (Å²) in [4.78, 5) is 23.0. The molecular formula is C22H27N3O2S.